The highest BCUT2D eigenvalue weighted by molar-refractivity contribution is 8.00. The lowest BCUT2D eigenvalue weighted by molar-refractivity contribution is -0.145. The van der Waals surface area contributed by atoms with E-state index in [-0.39, 0.29) is 29.1 Å². The Morgan fingerprint density at radius 1 is 1.56 bits per heavy atom. The van der Waals surface area contributed by atoms with Crippen molar-refractivity contribution in [3.8, 4) is 0 Å². The van der Waals surface area contributed by atoms with Crippen molar-refractivity contribution in [3.05, 3.63) is 0 Å². The minimum Gasteiger partial charge on any atom is -0.345 e. The van der Waals surface area contributed by atoms with Gasteiger partial charge in [0.05, 0.1) is 6.54 Å². The van der Waals surface area contributed by atoms with Crippen LogP contribution < -0.4 is 5.32 Å². The van der Waals surface area contributed by atoms with E-state index in [1.807, 2.05) is 11.8 Å². The summed E-state index contributed by atoms with van der Waals surface area (Å²) in [6, 6.07) is -0.320. The van der Waals surface area contributed by atoms with E-state index in [4.69, 9.17) is 0 Å². The lowest BCUT2D eigenvalue weighted by Crippen LogP contribution is -2.59. The number of piperazine rings is 1. The van der Waals surface area contributed by atoms with Gasteiger partial charge in [0, 0.05) is 11.3 Å². The van der Waals surface area contributed by atoms with Crippen molar-refractivity contribution < 1.29 is 9.59 Å². The van der Waals surface area contributed by atoms with E-state index in [0.717, 1.165) is 6.42 Å². The second-order valence-electron chi connectivity index (χ2n) is 4.82. The molecule has 0 aromatic heterocycles. The Morgan fingerprint density at radius 3 is 2.94 bits per heavy atom. The molecule has 5 heteroatoms. The fourth-order valence-electron chi connectivity index (χ4n) is 2.32. The summed E-state index contributed by atoms with van der Waals surface area (Å²) in [5.74, 6) is 1.17. The second kappa shape index (κ2) is 4.28. The molecule has 16 heavy (non-hydrogen) atoms. The Hall–Kier alpha value is -0.710. The van der Waals surface area contributed by atoms with Gasteiger partial charge in [-0.3, -0.25) is 9.59 Å². The van der Waals surface area contributed by atoms with Gasteiger partial charge < -0.3 is 10.2 Å². The Kier molecular flexibility index (Phi) is 3.15. The van der Waals surface area contributed by atoms with Gasteiger partial charge in [-0.2, -0.15) is 11.8 Å². The zero-order valence-corrected chi connectivity index (χ0v) is 10.6. The summed E-state index contributed by atoms with van der Waals surface area (Å²) in [5.41, 5.74) is 0. The van der Waals surface area contributed by atoms with Crippen molar-refractivity contribution in [2.24, 2.45) is 0 Å². The van der Waals surface area contributed by atoms with Crippen LogP contribution in [0, 0.1) is 0 Å². The first-order valence-corrected chi connectivity index (χ1v) is 6.71. The van der Waals surface area contributed by atoms with E-state index in [1.54, 1.807) is 11.8 Å². The van der Waals surface area contributed by atoms with Gasteiger partial charge >= 0.3 is 0 Å². The molecular formula is C11H18N2O2S. The summed E-state index contributed by atoms with van der Waals surface area (Å²) >= 11 is 1.92. The van der Waals surface area contributed by atoms with Crippen molar-refractivity contribution in [2.45, 2.75) is 37.5 Å². The van der Waals surface area contributed by atoms with Gasteiger partial charge in [-0.05, 0) is 32.4 Å². The van der Waals surface area contributed by atoms with E-state index < -0.39 is 0 Å². The molecule has 0 bridgehead atoms. The van der Waals surface area contributed by atoms with Crippen LogP contribution in [0.5, 0.6) is 0 Å². The first-order chi connectivity index (χ1) is 7.52. The molecule has 0 saturated carbocycles. The first kappa shape index (κ1) is 11.8. The Labute approximate surface area is 100 Å². The smallest absolute Gasteiger partial charge is 0.242 e. The van der Waals surface area contributed by atoms with Gasteiger partial charge in [0.1, 0.15) is 6.04 Å². The third-order valence-corrected chi connectivity index (χ3v) is 4.91. The van der Waals surface area contributed by atoms with Crippen LogP contribution in [0.15, 0.2) is 0 Å². The highest BCUT2D eigenvalue weighted by Crippen LogP contribution is 2.38. The topological polar surface area (TPSA) is 49.4 Å². The summed E-state index contributed by atoms with van der Waals surface area (Å²) in [5, 5.41) is 2.61. The standard InChI is InChI=1S/C11H18N2O2S/c1-8-10(15)12-6-9(14)13(8)7-11(2)4-3-5-16-11/h8H,3-7H2,1-2H3,(H,12,15). The number of hydrogen-bond acceptors (Lipinski definition) is 3. The van der Waals surface area contributed by atoms with Gasteiger partial charge in [0.2, 0.25) is 11.8 Å². The molecule has 90 valence electrons. The number of carbonyl (C=O) groups excluding carboxylic acids is 2. The number of nitrogens with zero attached hydrogens (tertiary/aromatic N) is 1. The first-order valence-electron chi connectivity index (χ1n) is 5.73. The molecule has 2 amide bonds. The Bertz CT molecular complexity index is 313. The van der Waals surface area contributed by atoms with Gasteiger partial charge in [0.15, 0.2) is 0 Å². The maximum absolute atomic E-state index is 11.8. The quantitative estimate of drug-likeness (QED) is 0.772. The number of rotatable bonds is 2. The van der Waals surface area contributed by atoms with Crippen LogP contribution in [0.1, 0.15) is 26.7 Å². The van der Waals surface area contributed by atoms with Crippen LogP contribution in [0.2, 0.25) is 0 Å². The third-order valence-electron chi connectivity index (χ3n) is 3.39. The molecule has 4 nitrogen and oxygen atoms in total. The molecule has 2 aliphatic rings. The average molecular weight is 242 g/mol. The fraction of sp³-hybridized carbons (Fsp3) is 0.818. The van der Waals surface area contributed by atoms with E-state index in [2.05, 4.69) is 12.2 Å². The van der Waals surface area contributed by atoms with Crippen LogP contribution in [0.3, 0.4) is 0 Å². The Balaban J connectivity index is 2.06. The number of nitrogens with one attached hydrogen (secondary N) is 1. The molecule has 2 saturated heterocycles. The van der Waals surface area contributed by atoms with E-state index >= 15 is 0 Å². The number of carbonyl (C=O) groups is 2. The third kappa shape index (κ3) is 2.19. The van der Waals surface area contributed by atoms with Crippen LogP contribution in [0.25, 0.3) is 0 Å². The van der Waals surface area contributed by atoms with Crippen LogP contribution in [-0.2, 0) is 9.59 Å². The summed E-state index contributed by atoms with van der Waals surface area (Å²) in [6.45, 7) is 4.85. The molecular weight excluding hydrogens is 224 g/mol. The number of hydrogen-bond donors (Lipinski definition) is 1. The van der Waals surface area contributed by atoms with Gasteiger partial charge in [-0.25, -0.2) is 0 Å². The van der Waals surface area contributed by atoms with Crippen molar-refractivity contribution in [2.75, 3.05) is 18.8 Å². The molecule has 2 heterocycles. The van der Waals surface area contributed by atoms with Crippen molar-refractivity contribution in [1.82, 2.24) is 10.2 Å². The monoisotopic (exact) mass is 242 g/mol. The van der Waals surface area contributed by atoms with Gasteiger partial charge in [-0.15, -0.1) is 0 Å². The molecule has 1 N–H and O–H groups in total. The van der Waals surface area contributed by atoms with E-state index in [9.17, 15) is 9.59 Å². The lowest BCUT2D eigenvalue weighted by atomic mass is 10.0. The van der Waals surface area contributed by atoms with Crippen molar-refractivity contribution in [1.29, 1.82) is 0 Å². The predicted octanol–water partition coefficient (Wildman–Crippen LogP) is 0.619. The maximum Gasteiger partial charge on any atom is 0.242 e. The van der Waals surface area contributed by atoms with Crippen LogP contribution in [0.4, 0.5) is 0 Å². The summed E-state index contributed by atoms with van der Waals surface area (Å²) in [4.78, 5) is 25.0. The van der Waals surface area contributed by atoms with E-state index in [1.165, 1.54) is 12.2 Å². The highest BCUT2D eigenvalue weighted by Gasteiger charge is 2.38. The molecule has 2 aliphatic heterocycles. The normalized spacial score (nSPS) is 35.4. The SMILES string of the molecule is CC1C(=O)NCC(=O)N1CC1(C)CCCS1. The zero-order valence-electron chi connectivity index (χ0n) is 9.78. The summed E-state index contributed by atoms with van der Waals surface area (Å²) < 4.78 is 0.140. The average Bonchev–Trinajstić information content (AvgIpc) is 2.66. The molecule has 2 atom stereocenters. The predicted molar refractivity (Wildman–Crippen MR) is 64.3 cm³/mol. The molecule has 2 unspecified atom stereocenters. The molecule has 0 aromatic carbocycles. The summed E-state index contributed by atoms with van der Waals surface area (Å²) in [6.07, 6.45) is 2.35. The fourth-order valence-corrected chi connectivity index (χ4v) is 3.62. The molecule has 2 fully saturated rings. The van der Waals surface area contributed by atoms with Gasteiger partial charge in [-0.1, -0.05) is 0 Å². The summed E-state index contributed by atoms with van der Waals surface area (Å²) in [7, 11) is 0. The Morgan fingerprint density at radius 2 is 2.31 bits per heavy atom. The van der Waals surface area contributed by atoms with Crippen LogP contribution >= 0.6 is 11.8 Å². The second-order valence-corrected chi connectivity index (χ2v) is 6.50. The molecule has 2 rings (SSSR count). The molecule has 0 aliphatic carbocycles. The van der Waals surface area contributed by atoms with Crippen molar-refractivity contribution in [3.63, 3.8) is 0 Å². The van der Waals surface area contributed by atoms with Crippen molar-refractivity contribution >= 4 is 23.6 Å². The lowest BCUT2D eigenvalue weighted by Gasteiger charge is -2.38. The van der Waals surface area contributed by atoms with Gasteiger partial charge in [0.25, 0.3) is 0 Å². The zero-order chi connectivity index (χ0) is 11.8. The minimum absolute atomic E-state index is 0.0359. The van der Waals surface area contributed by atoms with E-state index in [0.29, 0.717) is 6.54 Å². The largest absolute Gasteiger partial charge is 0.345 e. The maximum atomic E-state index is 11.8. The van der Waals surface area contributed by atoms with Crippen LogP contribution in [-0.4, -0.2) is 46.3 Å². The highest BCUT2D eigenvalue weighted by atomic mass is 32.2. The number of thioether (sulfide) groups is 1. The molecule has 0 aromatic rings. The number of amides is 2. The molecule has 0 spiro atoms. The minimum atomic E-state index is -0.320. The molecule has 0 radical (unpaired) electrons.